The summed E-state index contributed by atoms with van der Waals surface area (Å²) in [6.45, 7) is 8.49. The van der Waals surface area contributed by atoms with Crippen molar-refractivity contribution in [1.29, 1.82) is 0 Å². The fraction of sp³-hybridized carbons (Fsp3) is 0.290. The van der Waals surface area contributed by atoms with Crippen molar-refractivity contribution < 1.29 is 78.6 Å². The molecule has 0 aromatic heterocycles. The van der Waals surface area contributed by atoms with Crippen LogP contribution in [0.3, 0.4) is 0 Å². The Hall–Kier alpha value is -5.31. The second-order valence-corrected chi connectivity index (χ2v) is 10.2. The Morgan fingerprint density at radius 3 is 1.67 bits per heavy atom. The molecule has 0 aliphatic carbocycles. The van der Waals surface area contributed by atoms with Gasteiger partial charge in [-0.3, -0.25) is 20.2 Å². The fourth-order valence-electron chi connectivity index (χ4n) is 3.71. The van der Waals surface area contributed by atoms with Crippen LogP contribution in [0.15, 0.2) is 54.6 Å². The van der Waals surface area contributed by atoms with Crippen LogP contribution in [0.25, 0.3) is 0 Å². The van der Waals surface area contributed by atoms with Crippen molar-refractivity contribution in [1.82, 2.24) is 0 Å². The van der Waals surface area contributed by atoms with E-state index in [9.17, 15) is 39.7 Å². The van der Waals surface area contributed by atoms with Crippen molar-refractivity contribution in [2.45, 2.75) is 46.2 Å². The van der Waals surface area contributed by atoms with Gasteiger partial charge in [0.2, 0.25) is 11.6 Å². The topological polar surface area (TPSA) is 250 Å². The van der Waals surface area contributed by atoms with Crippen LogP contribution in [0.2, 0.25) is 0 Å². The van der Waals surface area contributed by atoms with Gasteiger partial charge in [-0.1, -0.05) is 0 Å². The molecule has 0 saturated heterocycles. The number of aliphatic hydroxyl groups excluding tert-OH is 1. The van der Waals surface area contributed by atoms with E-state index >= 15 is 0 Å². The maximum Gasteiger partial charge on any atom is 0.345 e. The molecule has 0 amide bonds. The quantitative estimate of drug-likeness (QED) is 0.0604. The fourth-order valence-corrected chi connectivity index (χ4v) is 3.71. The van der Waals surface area contributed by atoms with Crippen LogP contribution in [0.5, 0.6) is 17.2 Å². The van der Waals surface area contributed by atoms with E-state index in [1.165, 1.54) is 12.1 Å². The molecule has 2 aliphatic rings. The molecule has 270 valence electrons. The number of phenolic OH excluding ortho intramolecular Hbond substituents is 1. The zero-order chi connectivity index (χ0) is 35.7. The number of nitro benzene ring substituents is 2. The monoisotopic (exact) mass is 780 g/mol. The number of cyclic esters (lactones) is 2. The SMILES string of the molecule is CC1(C)OC(=O)c2cc(N)ccc2O1.CC1(C)OC(=O)c2cc([N+](=O)[O-])ccc2O1.CCO.COC(=O)c1cc([N+](=O)[O-])ccc1O.[CH3-].[Pd]. The normalized spacial score (nSPS) is 13.8. The molecular formula is C31H36N3O14Pd-. The molecule has 0 fully saturated rings. The van der Waals surface area contributed by atoms with Gasteiger partial charge < -0.3 is 47.1 Å². The van der Waals surface area contributed by atoms with Gasteiger partial charge in [-0.05, 0) is 37.3 Å². The maximum absolute atomic E-state index is 11.6. The first-order valence-corrected chi connectivity index (χ1v) is 13.5. The zero-order valence-corrected chi connectivity index (χ0v) is 29.0. The van der Waals surface area contributed by atoms with E-state index in [-0.39, 0.29) is 62.7 Å². The summed E-state index contributed by atoms with van der Waals surface area (Å²) >= 11 is 0. The molecule has 2 aliphatic heterocycles. The molecular weight excluding hydrogens is 745 g/mol. The molecule has 18 heteroatoms. The van der Waals surface area contributed by atoms with Crippen molar-refractivity contribution in [3.63, 3.8) is 0 Å². The minimum absolute atomic E-state index is 0. The summed E-state index contributed by atoms with van der Waals surface area (Å²) in [6.07, 6.45) is 0. The van der Waals surface area contributed by atoms with Crippen LogP contribution < -0.4 is 15.2 Å². The van der Waals surface area contributed by atoms with Crippen molar-refractivity contribution in [2.24, 2.45) is 0 Å². The molecule has 17 nitrogen and oxygen atoms in total. The number of aliphatic hydroxyl groups is 1. The van der Waals surface area contributed by atoms with Crippen molar-refractivity contribution in [2.75, 3.05) is 19.5 Å². The Morgan fingerprint density at radius 1 is 0.816 bits per heavy atom. The molecule has 0 radical (unpaired) electrons. The van der Waals surface area contributed by atoms with Crippen LogP contribution in [0.1, 0.15) is 65.7 Å². The Bertz CT molecular complexity index is 1680. The average molecular weight is 781 g/mol. The third kappa shape index (κ3) is 12.3. The molecule has 5 rings (SSSR count). The van der Waals surface area contributed by atoms with Crippen LogP contribution in [0, 0.1) is 27.7 Å². The van der Waals surface area contributed by atoms with Gasteiger partial charge in [0.1, 0.15) is 33.9 Å². The zero-order valence-electron chi connectivity index (χ0n) is 27.5. The largest absolute Gasteiger partial charge is 0.507 e. The Balaban J connectivity index is 0.000000666. The molecule has 49 heavy (non-hydrogen) atoms. The van der Waals surface area contributed by atoms with Gasteiger partial charge in [0.25, 0.3) is 11.4 Å². The van der Waals surface area contributed by atoms with Crippen LogP contribution in [-0.4, -0.2) is 63.3 Å². The summed E-state index contributed by atoms with van der Waals surface area (Å²) in [5.41, 5.74) is 5.86. The number of carbonyl (C=O) groups excluding carboxylic acids is 3. The number of hydrogen-bond donors (Lipinski definition) is 3. The van der Waals surface area contributed by atoms with Crippen LogP contribution in [0.4, 0.5) is 17.1 Å². The van der Waals surface area contributed by atoms with Crippen molar-refractivity contribution >= 4 is 35.0 Å². The second kappa shape index (κ2) is 18.3. The van der Waals surface area contributed by atoms with Gasteiger partial charge in [-0.2, -0.15) is 0 Å². The van der Waals surface area contributed by atoms with Crippen molar-refractivity contribution in [3.8, 4) is 17.2 Å². The Kier molecular flexibility index (Phi) is 16.3. The number of ether oxygens (including phenoxy) is 5. The number of rotatable bonds is 3. The number of non-ortho nitro benzene ring substituents is 2. The number of benzene rings is 3. The van der Waals surface area contributed by atoms with E-state index in [0.717, 1.165) is 31.4 Å². The number of fused-ring (bicyclic) bond motifs is 2. The number of hydrogen-bond acceptors (Lipinski definition) is 15. The number of nitrogen functional groups attached to an aromatic ring is 1. The van der Waals surface area contributed by atoms with Gasteiger partial charge in [0.05, 0.1) is 17.0 Å². The first kappa shape index (κ1) is 43.7. The number of methoxy groups -OCH3 is 1. The first-order chi connectivity index (χ1) is 21.8. The Labute approximate surface area is 294 Å². The van der Waals surface area contributed by atoms with E-state index in [1.54, 1.807) is 52.8 Å². The number of carbonyl (C=O) groups is 3. The standard InChI is InChI=1S/C10H9NO5.C10H11NO3.C8H7NO5.C2H6O.CH3.Pd/c1-10(2)15-8-4-3-6(11(13)14)5-7(8)9(12)16-10;1-10(2)13-8-4-3-6(11)5-7(8)9(12)14-10;1-14-8(11)6-4-5(9(12)13)2-3-7(6)10;1-2-3;;/h3-5H,1-2H3;3-5H,11H2,1-2H3;2-4,10H,1H3;3H,2H2,1H3;1H3;/q;;;;-1;. The van der Waals surface area contributed by atoms with Crippen LogP contribution >= 0.6 is 0 Å². The van der Waals surface area contributed by atoms with E-state index in [0.29, 0.717) is 22.7 Å². The minimum atomic E-state index is -1.04. The average Bonchev–Trinajstić information content (AvgIpc) is 2.97. The molecule has 0 spiro atoms. The van der Waals surface area contributed by atoms with Gasteiger partial charge in [-0.15, -0.1) is 0 Å². The predicted octanol–water partition coefficient (Wildman–Crippen LogP) is 4.97. The number of anilines is 1. The summed E-state index contributed by atoms with van der Waals surface area (Å²) in [5.74, 6) is -3.31. The summed E-state index contributed by atoms with van der Waals surface area (Å²) in [6, 6.07) is 11.9. The van der Waals surface area contributed by atoms with Gasteiger partial charge >= 0.3 is 17.9 Å². The summed E-state index contributed by atoms with van der Waals surface area (Å²) in [4.78, 5) is 53.7. The number of nitrogens with two attached hydrogens (primary N) is 1. The molecule has 3 aromatic carbocycles. The minimum Gasteiger partial charge on any atom is -0.507 e. The molecule has 0 saturated carbocycles. The molecule has 0 bridgehead atoms. The van der Waals surface area contributed by atoms with Crippen molar-refractivity contribution in [3.05, 3.63) is 98.9 Å². The molecule has 3 aromatic rings. The molecule has 0 atom stereocenters. The van der Waals surface area contributed by atoms with E-state index in [4.69, 9.17) is 29.8 Å². The third-order valence-corrected chi connectivity index (χ3v) is 5.60. The first-order valence-electron chi connectivity index (χ1n) is 13.5. The molecule has 2 heterocycles. The number of nitro groups is 2. The van der Waals surface area contributed by atoms with Gasteiger partial charge in [0.15, 0.2) is 0 Å². The molecule has 0 unspecified atom stereocenters. The van der Waals surface area contributed by atoms with Gasteiger partial charge in [0, 0.05) is 84.7 Å². The third-order valence-electron chi connectivity index (χ3n) is 5.60. The Morgan fingerprint density at radius 2 is 1.22 bits per heavy atom. The summed E-state index contributed by atoms with van der Waals surface area (Å²) in [7, 11) is 1.13. The predicted molar refractivity (Wildman–Crippen MR) is 169 cm³/mol. The van der Waals surface area contributed by atoms with E-state index < -0.39 is 39.3 Å². The second-order valence-electron chi connectivity index (χ2n) is 10.2. The smallest absolute Gasteiger partial charge is 0.345 e. The maximum atomic E-state index is 11.6. The number of nitrogens with zero attached hydrogens (tertiary/aromatic N) is 2. The number of phenols is 1. The number of aromatic hydroxyl groups is 1. The summed E-state index contributed by atoms with van der Waals surface area (Å²) < 4.78 is 25.1. The summed E-state index contributed by atoms with van der Waals surface area (Å²) in [5, 5.41) is 37.6. The van der Waals surface area contributed by atoms with E-state index in [2.05, 4.69) is 4.74 Å². The van der Waals surface area contributed by atoms with Gasteiger partial charge in [-0.25, -0.2) is 14.4 Å². The molecule has 4 N–H and O–H groups in total. The van der Waals surface area contributed by atoms with E-state index in [1.807, 2.05) is 0 Å². The number of esters is 3. The van der Waals surface area contributed by atoms with Crippen LogP contribution in [-0.2, 0) is 34.6 Å².